The predicted molar refractivity (Wildman–Crippen MR) is 61.9 cm³/mol. The third-order valence-corrected chi connectivity index (χ3v) is 3.94. The number of furan rings is 1. The zero-order valence-corrected chi connectivity index (χ0v) is 9.78. The van der Waals surface area contributed by atoms with Crippen LogP contribution in [0, 0.1) is 0 Å². The molecular weight excluding hydrogens is 216 g/mol. The van der Waals surface area contributed by atoms with E-state index in [0.717, 1.165) is 24.4 Å². The van der Waals surface area contributed by atoms with Gasteiger partial charge in [0.15, 0.2) is 0 Å². The second kappa shape index (κ2) is 4.13. The van der Waals surface area contributed by atoms with Crippen molar-refractivity contribution in [2.24, 2.45) is 0 Å². The van der Waals surface area contributed by atoms with Gasteiger partial charge in [-0.1, -0.05) is 0 Å². The lowest BCUT2D eigenvalue weighted by Gasteiger charge is -2.06. The molecule has 17 heavy (non-hydrogen) atoms. The summed E-state index contributed by atoms with van der Waals surface area (Å²) >= 11 is 0. The number of Topliss-reactive ketones (excluding diaryl/α,β-unsaturated/α-hetero) is 2. The first-order valence-electron chi connectivity index (χ1n) is 6.35. The van der Waals surface area contributed by atoms with Crippen molar-refractivity contribution in [1.29, 1.82) is 0 Å². The molecule has 3 rings (SSSR count). The summed E-state index contributed by atoms with van der Waals surface area (Å²) in [5.74, 6) is 3.09. The Kier molecular flexibility index (Phi) is 2.61. The number of carbonyl (C=O) groups excluding carboxylic acids is 2. The highest BCUT2D eigenvalue weighted by Gasteiger charge is 2.29. The molecule has 1 heterocycles. The van der Waals surface area contributed by atoms with Gasteiger partial charge >= 0.3 is 0 Å². The van der Waals surface area contributed by atoms with Gasteiger partial charge in [-0.15, -0.1) is 0 Å². The molecule has 0 aliphatic heterocycles. The predicted octanol–water partition coefficient (Wildman–Crippen LogP) is 2.95. The molecule has 0 spiro atoms. The molecule has 2 atom stereocenters. The fraction of sp³-hybridized carbons (Fsp3) is 0.571. The molecule has 0 aromatic carbocycles. The Bertz CT molecular complexity index is 417. The van der Waals surface area contributed by atoms with E-state index < -0.39 is 0 Å². The highest BCUT2D eigenvalue weighted by Crippen LogP contribution is 2.37. The van der Waals surface area contributed by atoms with E-state index >= 15 is 0 Å². The van der Waals surface area contributed by atoms with Gasteiger partial charge in [0.05, 0.1) is 0 Å². The Morgan fingerprint density at radius 2 is 1.35 bits per heavy atom. The lowest BCUT2D eigenvalue weighted by molar-refractivity contribution is -0.118. The normalized spacial score (nSPS) is 29.2. The molecule has 0 amide bonds. The van der Waals surface area contributed by atoms with Crippen LogP contribution in [0.15, 0.2) is 16.5 Å². The van der Waals surface area contributed by atoms with Crippen LogP contribution < -0.4 is 0 Å². The molecule has 1 aromatic heterocycles. The molecule has 0 N–H and O–H groups in total. The van der Waals surface area contributed by atoms with Crippen LogP contribution in [0.25, 0.3) is 0 Å². The van der Waals surface area contributed by atoms with E-state index in [1.807, 2.05) is 12.1 Å². The number of carbonyl (C=O) groups is 2. The number of hydrogen-bond acceptors (Lipinski definition) is 3. The molecule has 0 saturated heterocycles. The van der Waals surface area contributed by atoms with Crippen LogP contribution in [0.2, 0.25) is 0 Å². The Labute approximate surface area is 100 Å². The lowest BCUT2D eigenvalue weighted by Crippen LogP contribution is -1.93. The standard InChI is InChI=1S/C14H16O3/c15-11-3-1-9(7-11)13-5-6-14(17-13)10-2-4-12(16)8-10/h5-6,9-10H,1-4,7-8H2. The van der Waals surface area contributed by atoms with Gasteiger partial charge in [-0.3, -0.25) is 9.59 Å². The van der Waals surface area contributed by atoms with E-state index in [1.165, 1.54) is 0 Å². The summed E-state index contributed by atoms with van der Waals surface area (Å²) in [6.07, 6.45) is 4.43. The Balaban J connectivity index is 1.74. The van der Waals surface area contributed by atoms with Crippen LogP contribution in [0.1, 0.15) is 61.9 Å². The van der Waals surface area contributed by atoms with E-state index in [4.69, 9.17) is 4.42 Å². The third kappa shape index (κ3) is 2.06. The average Bonchev–Trinajstić information content (AvgIpc) is 2.96. The summed E-state index contributed by atoms with van der Waals surface area (Å²) in [5, 5.41) is 0. The van der Waals surface area contributed by atoms with Crippen molar-refractivity contribution in [3.63, 3.8) is 0 Å². The van der Waals surface area contributed by atoms with Crippen molar-refractivity contribution in [1.82, 2.24) is 0 Å². The summed E-state index contributed by atoms with van der Waals surface area (Å²) in [4.78, 5) is 22.5. The fourth-order valence-electron chi connectivity index (χ4n) is 2.92. The van der Waals surface area contributed by atoms with Crippen molar-refractivity contribution >= 4 is 11.6 Å². The van der Waals surface area contributed by atoms with Gasteiger partial charge in [0.25, 0.3) is 0 Å². The van der Waals surface area contributed by atoms with Crippen molar-refractivity contribution in [2.75, 3.05) is 0 Å². The zero-order valence-electron chi connectivity index (χ0n) is 9.78. The van der Waals surface area contributed by atoms with E-state index in [0.29, 0.717) is 37.2 Å². The molecule has 3 nitrogen and oxygen atoms in total. The van der Waals surface area contributed by atoms with E-state index in [1.54, 1.807) is 0 Å². The minimum atomic E-state index is 0.272. The van der Waals surface area contributed by atoms with E-state index in [9.17, 15) is 9.59 Å². The molecule has 2 fully saturated rings. The average molecular weight is 232 g/mol. The number of rotatable bonds is 2. The first-order valence-corrected chi connectivity index (χ1v) is 6.35. The maximum absolute atomic E-state index is 11.2. The van der Waals surface area contributed by atoms with Crippen LogP contribution in [0.4, 0.5) is 0 Å². The molecule has 1 aromatic rings. The highest BCUT2D eigenvalue weighted by atomic mass is 16.3. The topological polar surface area (TPSA) is 47.3 Å². The first kappa shape index (κ1) is 10.8. The van der Waals surface area contributed by atoms with Gasteiger partial charge in [0.2, 0.25) is 0 Å². The summed E-state index contributed by atoms with van der Waals surface area (Å²) in [6.45, 7) is 0. The highest BCUT2D eigenvalue weighted by molar-refractivity contribution is 5.82. The Morgan fingerprint density at radius 1 is 0.882 bits per heavy atom. The molecule has 0 bridgehead atoms. The lowest BCUT2D eigenvalue weighted by atomic mass is 10.1. The molecule has 3 heteroatoms. The number of ketones is 2. The van der Waals surface area contributed by atoms with E-state index in [2.05, 4.69) is 0 Å². The van der Waals surface area contributed by atoms with Gasteiger partial charge in [-0.25, -0.2) is 0 Å². The van der Waals surface area contributed by atoms with Gasteiger partial charge in [-0.2, -0.15) is 0 Å². The second-order valence-electron chi connectivity index (χ2n) is 5.20. The molecule has 2 unspecified atom stereocenters. The fourth-order valence-corrected chi connectivity index (χ4v) is 2.92. The molecular formula is C14H16O3. The van der Waals surface area contributed by atoms with Gasteiger partial charge in [0, 0.05) is 37.5 Å². The smallest absolute Gasteiger partial charge is 0.133 e. The van der Waals surface area contributed by atoms with Crippen molar-refractivity contribution in [2.45, 2.75) is 50.4 Å². The second-order valence-corrected chi connectivity index (χ2v) is 5.20. The third-order valence-electron chi connectivity index (χ3n) is 3.94. The molecule has 2 aliphatic rings. The SMILES string of the molecule is O=C1CCC(c2ccc(C3CCC(=O)C3)o2)C1. The Hall–Kier alpha value is -1.38. The molecule has 90 valence electrons. The van der Waals surface area contributed by atoms with Crippen molar-refractivity contribution in [3.8, 4) is 0 Å². The molecule has 0 radical (unpaired) electrons. The summed E-state index contributed by atoms with van der Waals surface area (Å²) in [6, 6.07) is 3.97. The zero-order chi connectivity index (χ0) is 11.8. The first-order chi connectivity index (χ1) is 8.22. The van der Waals surface area contributed by atoms with Crippen LogP contribution in [0.3, 0.4) is 0 Å². The summed E-state index contributed by atoms with van der Waals surface area (Å²) in [7, 11) is 0. The van der Waals surface area contributed by atoms with Crippen molar-refractivity contribution < 1.29 is 14.0 Å². The maximum Gasteiger partial charge on any atom is 0.133 e. The molecule has 2 aliphatic carbocycles. The minimum absolute atomic E-state index is 0.272. The van der Waals surface area contributed by atoms with Crippen molar-refractivity contribution in [3.05, 3.63) is 23.7 Å². The quantitative estimate of drug-likeness (QED) is 0.787. The Morgan fingerprint density at radius 3 is 1.71 bits per heavy atom. The van der Waals surface area contributed by atoms with Crippen LogP contribution in [0.5, 0.6) is 0 Å². The summed E-state index contributed by atoms with van der Waals surface area (Å²) < 4.78 is 5.84. The maximum atomic E-state index is 11.2. The van der Waals surface area contributed by atoms with Crippen LogP contribution in [-0.2, 0) is 9.59 Å². The van der Waals surface area contributed by atoms with Gasteiger partial charge in [-0.05, 0) is 25.0 Å². The monoisotopic (exact) mass is 232 g/mol. The largest absolute Gasteiger partial charge is 0.465 e. The minimum Gasteiger partial charge on any atom is -0.465 e. The van der Waals surface area contributed by atoms with Crippen LogP contribution >= 0.6 is 0 Å². The number of hydrogen-bond donors (Lipinski definition) is 0. The van der Waals surface area contributed by atoms with Crippen LogP contribution in [-0.4, -0.2) is 11.6 Å². The van der Waals surface area contributed by atoms with Gasteiger partial charge < -0.3 is 4.42 Å². The van der Waals surface area contributed by atoms with Gasteiger partial charge in [0.1, 0.15) is 23.1 Å². The van der Waals surface area contributed by atoms with E-state index in [-0.39, 0.29) is 11.8 Å². The molecule has 2 saturated carbocycles. The summed E-state index contributed by atoms with van der Waals surface area (Å²) in [5.41, 5.74) is 0.